The summed E-state index contributed by atoms with van der Waals surface area (Å²) in [6.45, 7) is 0. The third kappa shape index (κ3) is 1.55. The van der Waals surface area contributed by atoms with Gasteiger partial charge in [0.15, 0.2) is 0 Å². The minimum atomic E-state index is 0.802. The van der Waals surface area contributed by atoms with Crippen LogP contribution in [0.25, 0.3) is 0 Å². The molecule has 0 unspecified atom stereocenters. The highest BCUT2D eigenvalue weighted by atomic mass is 32.1. The van der Waals surface area contributed by atoms with E-state index in [1.165, 1.54) is 37.7 Å². The lowest BCUT2D eigenvalue weighted by Gasteiger charge is -2.54. The molecule has 0 N–H and O–H groups in total. The molecule has 4 aliphatic rings. The maximum atomic E-state index is 5.55. The summed E-state index contributed by atoms with van der Waals surface area (Å²) < 4.78 is 0. The van der Waals surface area contributed by atoms with Crippen molar-refractivity contribution in [3.05, 3.63) is 29.8 Å². The molecule has 89 valence electrons. The Morgan fingerprint density at radius 2 is 1.41 bits per heavy atom. The van der Waals surface area contributed by atoms with Gasteiger partial charge in [0.05, 0.1) is 0 Å². The third-order valence-electron chi connectivity index (χ3n) is 5.50. The average molecular weight is 243 g/mol. The summed E-state index contributed by atoms with van der Waals surface area (Å²) in [4.78, 5) is 1.12. The smallest absolute Gasteiger partial charge is 0.0412 e. The zero-order valence-corrected chi connectivity index (χ0v) is 11.0. The quantitative estimate of drug-likeness (QED) is 0.665. The second-order valence-electron chi connectivity index (χ2n) is 6.49. The summed E-state index contributed by atoms with van der Waals surface area (Å²) in [6.07, 6.45) is 7.49. The zero-order valence-electron chi connectivity index (χ0n) is 10.1. The van der Waals surface area contributed by atoms with E-state index in [1.54, 1.807) is 0 Å². The molecule has 4 bridgehead atoms. The van der Waals surface area contributed by atoms with E-state index in [-0.39, 0.29) is 0 Å². The Kier molecular flexibility index (Phi) is 2.27. The number of hydrogen-bond donors (Lipinski definition) is 0. The normalized spacial score (nSPS) is 42.9. The summed E-state index contributed by atoms with van der Waals surface area (Å²) in [5.74, 6) is 4.83. The van der Waals surface area contributed by atoms with Crippen LogP contribution in [0.5, 0.6) is 0 Å². The molecule has 4 fully saturated rings. The number of rotatable bonds is 1. The van der Waals surface area contributed by atoms with Crippen LogP contribution in [0, 0.1) is 23.7 Å². The van der Waals surface area contributed by atoms with Gasteiger partial charge in [0.25, 0.3) is 0 Å². The molecule has 1 aromatic rings. The third-order valence-corrected chi connectivity index (χ3v) is 5.88. The summed E-state index contributed by atoms with van der Waals surface area (Å²) in [5, 5.41) is 0. The van der Waals surface area contributed by atoms with Gasteiger partial charge in [-0.1, -0.05) is 30.8 Å². The average Bonchev–Trinajstić information content (AvgIpc) is 2.30. The summed E-state index contributed by atoms with van der Waals surface area (Å²) >= 11 is 5.55. The number of hydrogen-bond acceptors (Lipinski definition) is 0. The first-order valence-corrected chi connectivity index (χ1v) is 7.48. The second kappa shape index (κ2) is 3.71. The summed E-state index contributed by atoms with van der Waals surface area (Å²) in [6, 6.07) is 8.68. The van der Waals surface area contributed by atoms with Crippen molar-refractivity contribution in [2.45, 2.75) is 42.9 Å². The predicted molar refractivity (Wildman–Crippen MR) is 72.1 cm³/mol. The minimum Gasteiger partial charge on any atom is -0.0798 e. The highest BCUT2D eigenvalue weighted by molar-refractivity contribution is 7.80. The van der Waals surface area contributed by atoms with Gasteiger partial charge < -0.3 is 0 Å². The fourth-order valence-corrected chi connectivity index (χ4v) is 5.47. The van der Waals surface area contributed by atoms with Crippen LogP contribution in [-0.4, -0.2) is 0 Å². The lowest BCUT2D eigenvalue weighted by molar-refractivity contribution is -0.00359. The van der Waals surface area contributed by atoms with Crippen molar-refractivity contribution >= 4 is 12.6 Å². The molecule has 5 rings (SSSR count). The summed E-state index contributed by atoms with van der Waals surface area (Å²) in [7, 11) is 0. The molecule has 0 atom stereocenters. The predicted octanol–water partition coefficient (Wildman–Crippen LogP) is 4.78. The van der Waals surface area contributed by atoms with Crippen molar-refractivity contribution in [3.63, 3.8) is 0 Å². The first-order chi connectivity index (χ1) is 8.31. The van der Waals surface area contributed by atoms with E-state index >= 15 is 0 Å². The lowest BCUT2D eigenvalue weighted by atomic mass is 9.51. The standard InChI is InChI=1S/C16H19S/c17-15-4-2-1-3-14(15)16-12-6-10-5-11(8-12)9-13(16)7-10/h1-4,10-13,16H,5-9H2. The molecule has 17 heavy (non-hydrogen) atoms. The van der Waals surface area contributed by atoms with Crippen molar-refractivity contribution in [1.29, 1.82) is 0 Å². The lowest BCUT2D eigenvalue weighted by Crippen LogP contribution is -2.43. The van der Waals surface area contributed by atoms with E-state index in [0.29, 0.717) is 0 Å². The van der Waals surface area contributed by atoms with Crippen LogP contribution < -0.4 is 0 Å². The van der Waals surface area contributed by atoms with E-state index in [4.69, 9.17) is 12.6 Å². The molecule has 0 aromatic heterocycles. The summed E-state index contributed by atoms with van der Waals surface area (Å²) in [5.41, 5.74) is 1.50. The van der Waals surface area contributed by atoms with Gasteiger partial charge in [-0.2, -0.15) is 0 Å². The maximum absolute atomic E-state index is 5.55. The van der Waals surface area contributed by atoms with Gasteiger partial charge in [0, 0.05) is 4.90 Å². The molecule has 0 spiro atoms. The molecule has 1 heteroatoms. The monoisotopic (exact) mass is 243 g/mol. The zero-order chi connectivity index (χ0) is 11.4. The Hall–Kier alpha value is -0.560. The number of benzene rings is 1. The van der Waals surface area contributed by atoms with Gasteiger partial charge in [0.2, 0.25) is 0 Å². The Balaban J connectivity index is 1.73. The van der Waals surface area contributed by atoms with Gasteiger partial charge >= 0.3 is 0 Å². The van der Waals surface area contributed by atoms with Crippen LogP contribution in [0.3, 0.4) is 0 Å². The SMILES string of the molecule is [S]c1ccccc1C1C2CC3CC(C2)CC1C3. The molecular weight excluding hydrogens is 224 g/mol. The van der Waals surface area contributed by atoms with Crippen LogP contribution in [-0.2, 0) is 0 Å². The highest BCUT2D eigenvalue weighted by Crippen LogP contribution is 2.60. The Morgan fingerprint density at radius 1 is 0.824 bits per heavy atom. The largest absolute Gasteiger partial charge is 0.0798 e. The Morgan fingerprint density at radius 3 is 2.00 bits per heavy atom. The first-order valence-electron chi connectivity index (χ1n) is 7.07. The van der Waals surface area contributed by atoms with Gasteiger partial charge in [-0.25, -0.2) is 0 Å². The Bertz CT molecular complexity index is 409. The molecule has 4 aliphatic carbocycles. The van der Waals surface area contributed by atoms with Crippen LogP contribution in [0.1, 0.15) is 43.6 Å². The molecular formula is C16H19S. The molecule has 1 radical (unpaired) electrons. The maximum Gasteiger partial charge on any atom is 0.0412 e. The molecule has 0 nitrogen and oxygen atoms in total. The van der Waals surface area contributed by atoms with Gasteiger partial charge in [-0.05, 0) is 73.3 Å². The minimum absolute atomic E-state index is 0.802. The van der Waals surface area contributed by atoms with Crippen LogP contribution >= 0.6 is 12.6 Å². The first kappa shape index (κ1) is 10.4. The topological polar surface area (TPSA) is 0 Å². The Labute approximate surface area is 109 Å². The van der Waals surface area contributed by atoms with Crippen LogP contribution in [0.4, 0.5) is 0 Å². The van der Waals surface area contributed by atoms with E-state index in [9.17, 15) is 0 Å². The van der Waals surface area contributed by atoms with E-state index in [0.717, 1.165) is 34.5 Å². The molecule has 1 aromatic carbocycles. The van der Waals surface area contributed by atoms with Crippen molar-refractivity contribution < 1.29 is 0 Å². The molecule has 4 saturated carbocycles. The fourth-order valence-electron chi connectivity index (χ4n) is 5.19. The fraction of sp³-hybridized carbons (Fsp3) is 0.625. The van der Waals surface area contributed by atoms with Crippen molar-refractivity contribution in [2.24, 2.45) is 23.7 Å². The van der Waals surface area contributed by atoms with E-state index < -0.39 is 0 Å². The molecule has 0 heterocycles. The second-order valence-corrected chi connectivity index (χ2v) is 6.93. The van der Waals surface area contributed by atoms with Crippen molar-refractivity contribution in [3.8, 4) is 0 Å². The molecule has 0 saturated heterocycles. The van der Waals surface area contributed by atoms with Gasteiger partial charge in [0.1, 0.15) is 0 Å². The van der Waals surface area contributed by atoms with Crippen LogP contribution in [0.15, 0.2) is 29.2 Å². The molecule has 0 aliphatic heterocycles. The van der Waals surface area contributed by atoms with Crippen molar-refractivity contribution in [1.82, 2.24) is 0 Å². The van der Waals surface area contributed by atoms with Crippen molar-refractivity contribution in [2.75, 3.05) is 0 Å². The van der Waals surface area contributed by atoms with E-state index in [1.807, 2.05) is 0 Å². The van der Waals surface area contributed by atoms with Gasteiger partial charge in [-0.3, -0.25) is 0 Å². The highest BCUT2D eigenvalue weighted by Gasteiger charge is 2.48. The van der Waals surface area contributed by atoms with Crippen LogP contribution in [0.2, 0.25) is 0 Å². The molecule has 0 amide bonds. The van der Waals surface area contributed by atoms with E-state index in [2.05, 4.69) is 24.3 Å². The van der Waals surface area contributed by atoms with Gasteiger partial charge in [-0.15, -0.1) is 0 Å².